The van der Waals surface area contributed by atoms with Gasteiger partial charge in [-0.25, -0.2) is 0 Å². The van der Waals surface area contributed by atoms with E-state index in [4.69, 9.17) is 5.84 Å². The summed E-state index contributed by atoms with van der Waals surface area (Å²) in [6, 6.07) is 0.262. The molecule has 0 saturated heterocycles. The standard InChI is InChI=1S/C15H28N4/c1-4-11-7-6-8-12(9-11)15(17-16)13-10-19(3)18-14(13)5-2/h10-12,15,17H,4-9,16H2,1-3H3. The molecule has 1 saturated carbocycles. The minimum atomic E-state index is 0.262. The molecule has 0 aromatic carbocycles. The lowest BCUT2D eigenvalue weighted by molar-refractivity contribution is 0.209. The van der Waals surface area contributed by atoms with E-state index in [1.807, 2.05) is 11.7 Å². The molecule has 19 heavy (non-hydrogen) atoms. The van der Waals surface area contributed by atoms with Crippen molar-refractivity contribution in [1.29, 1.82) is 0 Å². The number of nitrogens with one attached hydrogen (secondary N) is 1. The van der Waals surface area contributed by atoms with Crippen LogP contribution in [-0.4, -0.2) is 9.78 Å². The summed E-state index contributed by atoms with van der Waals surface area (Å²) < 4.78 is 1.92. The summed E-state index contributed by atoms with van der Waals surface area (Å²) in [5.74, 6) is 7.39. The van der Waals surface area contributed by atoms with Crippen molar-refractivity contribution in [3.63, 3.8) is 0 Å². The van der Waals surface area contributed by atoms with Gasteiger partial charge in [-0.15, -0.1) is 0 Å². The second-order valence-corrected chi connectivity index (χ2v) is 5.90. The fourth-order valence-electron chi connectivity index (χ4n) is 3.57. The van der Waals surface area contributed by atoms with Crippen molar-refractivity contribution >= 4 is 0 Å². The van der Waals surface area contributed by atoms with Crippen LogP contribution in [0.3, 0.4) is 0 Å². The summed E-state index contributed by atoms with van der Waals surface area (Å²) in [7, 11) is 1.99. The molecule has 4 nitrogen and oxygen atoms in total. The highest BCUT2D eigenvalue weighted by atomic mass is 15.3. The molecule has 0 bridgehead atoms. The molecule has 0 amide bonds. The van der Waals surface area contributed by atoms with Crippen molar-refractivity contribution in [2.75, 3.05) is 0 Å². The molecule has 4 heteroatoms. The number of aromatic nitrogens is 2. The third kappa shape index (κ3) is 3.18. The van der Waals surface area contributed by atoms with Crippen molar-refractivity contribution < 1.29 is 0 Å². The van der Waals surface area contributed by atoms with Gasteiger partial charge in [0.05, 0.1) is 11.7 Å². The van der Waals surface area contributed by atoms with Crippen molar-refractivity contribution in [1.82, 2.24) is 15.2 Å². The topological polar surface area (TPSA) is 55.9 Å². The quantitative estimate of drug-likeness (QED) is 0.635. The Morgan fingerprint density at radius 3 is 2.89 bits per heavy atom. The molecule has 1 aliphatic carbocycles. The van der Waals surface area contributed by atoms with Gasteiger partial charge in [0.15, 0.2) is 0 Å². The van der Waals surface area contributed by atoms with Crippen LogP contribution in [0, 0.1) is 11.8 Å². The zero-order valence-electron chi connectivity index (χ0n) is 12.5. The van der Waals surface area contributed by atoms with Crippen LogP contribution in [0.25, 0.3) is 0 Å². The second kappa shape index (κ2) is 6.53. The van der Waals surface area contributed by atoms with Crippen molar-refractivity contribution in [2.45, 2.75) is 58.4 Å². The highest BCUT2D eigenvalue weighted by Crippen LogP contribution is 2.38. The van der Waals surface area contributed by atoms with E-state index in [9.17, 15) is 0 Å². The normalized spacial score (nSPS) is 25.5. The summed E-state index contributed by atoms with van der Waals surface area (Å²) >= 11 is 0. The minimum Gasteiger partial charge on any atom is -0.275 e. The molecule has 1 aromatic rings. The van der Waals surface area contributed by atoms with Crippen LogP contribution >= 0.6 is 0 Å². The molecule has 108 valence electrons. The predicted octanol–water partition coefficient (Wildman–Crippen LogP) is 2.70. The third-order valence-electron chi connectivity index (χ3n) is 4.66. The zero-order chi connectivity index (χ0) is 13.8. The number of aryl methyl sites for hydroxylation is 2. The van der Waals surface area contributed by atoms with Crippen molar-refractivity contribution in [3.05, 3.63) is 17.5 Å². The first-order chi connectivity index (χ1) is 9.19. The van der Waals surface area contributed by atoms with Gasteiger partial charge in [-0.05, 0) is 31.1 Å². The molecule has 1 fully saturated rings. The zero-order valence-corrected chi connectivity index (χ0v) is 12.5. The Morgan fingerprint density at radius 1 is 1.47 bits per heavy atom. The Bertz CT molecular complexity index is 399. The molecule has 3 N–H and O–H groups in total. The van der Waals surface area contributed by atoms with Gasteiger partial charge in [0.2, 0.25) is 0 Å². The Labute approximate surface area is 116 Å². The number of rotatable bonds is 5. The third-order valence-corrected chi connectivity index (χ3v) is 4.66. The SMILES string of the molecule is CCc1nn(C)cc1C(NN)C1CCCC(CC)C1. The van der Waals surface area contributed by atoms with Crippen LogP contribution in [0.5, 0.6) is 0 Å². The maximum absolute atomic E-state index is 5.87. The lowest BCUT2D eigenvalue weighted by Gasteiger charge is -2.34. The van der Waals surface area contributed by atoms with E-state index in [-0.39, 0.29) is 6.04 Å². The minimum absolute atomic E-state index is 0.262. The predicted molar refractivity (Wildman–Crippen MR) is 78.4 cm³/mol. The van der Waals surface area contributed by atoms with E-state index < -0.39 is 0 Å². The van der Waals surface area contributed by atoms with Crippen molar-refractivity contribution in [2.24, 2.45) is 24.7 Å². The molecule has 3 unspecified atom stereocenters. The number of nitrogens with zero attached hydrogens (tertiary/aromatic N) is 2. The van der Waals surface area contributed by atoms with E-state index >= 15 is 0 Å². The van der Waals surface area contributed by atoms with Gasteiger partial charge in [0.25, 0.3) is 0 Å². The van der Waals surface area contributed by atoms with E-state index in [1.54, 1.807) is 0 Å². The van der Waals surface area contributed by atoms with Crippen LogP contribution in [0.15, 0.2) is 6.20 Å². The molecule has 0 aliphatic heterocycles. The van der Waals surface area contributed by atoms with Crippen LogP contribution in [0.2, 0.25) is 0 Å². The Hall–Kier alpha value is -0.870. The van der Waals surface area contributed by atoms with Crippen LogP contribution in [-0.2, 0) is 13.5 Å². The van der Waals surface area contributed by atoms with Crippen LogP contribution < -0.4 is 11.3 Å². The molecule has 3 atom stereocenters. The summed E-state index contributed by atoms with van der Waals surface area (Å²) in [6.07, 6.45) is 9.70. The van der Waals surface area contributed by atoms with E-state index in [2.05, 4.69) is 30.6 Å². The maximum atomic E-state index is 5.87. The van der Waals surface area contributed by atoms with Gasteiger partial charge in [-0.1, -0.05) is 33.1 Å². The number of hydrogen-bond acceptors (Lipinski definition) is 3. The number of nitrogens with two attached hydrogens (primary N) is 1. The van der Waals surface area contributed by atoms with Gasteiger partial charge in [-0.2, -0.15) is 5.10 Å². The first-order valence-corrected chi connectivity index (χ1v) is 7.68. The Kier molecular flexibility index (Phi) is 4.99. The second-order valence-electron chi connectivity index (χ2n) is 5.90. The van der Waals surface area contributed by atoms with Gasteiger partial charge in [0, 0.05) is 18.8 Å². The summed E-state index contributed by atoms with van der Waals surface area (Å²) in [4.78, 5) is 0. The molecular formula is C15H28N4. The fourth-order valence-corrected chi connectivity index (χ4v) is 3.57. The Morgan fingerprint density at radius 2 is 2.26 bits per heavy atom. The smallest absolute Gasteiger partial charge is 0.0670 e. The van der Waals surface area contributed by atoms with Crippen molar-refractivity contribution in [3.8, 4) is 0 Å². The average molecular weight is 264 g/mol. The number of hydrogen-bond donors (Lipinski definition) is 2. The molecule has 0 spiro atoms. The monoisotopic (exact) mass is 264 g/mol. The van der Waals surface area contributed by atoms with Gasteiger partial charge >= 0.3 is 0 Å². The first kappa shape index (κ1) is 14.5. The fraction of sp³-hybridized carbons (Fsp3) is 0.800. The molecule has 1 aromatic heterocycles. The lowest BCUT2D eigenvalue weighted by atomic mass is 9.75. The van der Waals surface area contributed by atoms with Crippen LogP contribution in [0.1, 0.15) is 63.3 Å². The molecule has 1 heterocycles. The Balaban J connectivity index is 2.18. The summed E-state index contributed by atoms with van der Waals surface area (Å²) in [5.41, 5.74) is 5.55. The maximum Gasteiger partial charge on any atom is 0.0670 e. The molecular weight excluding hydrogens is 236 g/mol. The average Bonchev–Trinajstić information content (AvgIpc) is 2.81. The first-order valence-electron chi connectivity index (χ1n) is 7.68. The van der Waals surface area contributed by atoms with E-state index in [0.29, 0.717) is 5.92 Å². The van der Waals surface area contributed by atoms with Crippen LogP contribution in [0.4, 0.5) is 0 Å². The van der Waals surface area contributed by atoms with Gasteiger partial charge in [0.1, 0.15) is 0 Å². The summed E-state index contributed by atoms with van der Waals surface area (Å²) in [5, 5.41) is 4.55. The van der Waals surface area contributed by atoms with E-state index in [1.165, 1.54) is 43.4 Å². The molecule has 1 aliphatic rings. The summed E-state index contributed by atoms with van der Waals surface area (Å²) in [6.45, 7) is 4.47. The van der Waals surface area contributed by atoms with Gasteiger partial charge in [-0.3, -0.25) is 16.0 Å². The van der Waals surface area contributed by atoms with E-state index in [0.717, 1.165) is 12.3 Å². The molecule has 0 radical (unpaired) electrons. The highest BCUT2D eigenvalue weighted by Gasteiger charge is 2.30. The number of hydrazine groups is 1. The van der Waals surface area contributed by atoms with Gasteiger partial charge < -0.3 is 0 Å². The largest absolute Gasteiger partial charge is 0.275 e. The lowest BCUT2D eigenvalue weighted by Crippen LogP contribution is -2.36. The highest BCUT2D eigenvalue weighted by molar-refractivity contribution is 5.22. The molecule has 2 rings (SSSR count).